The number of hydrogen-bond donors (Lipinski definition) is 3. The first kappa shape index (κ1) is 34.2. The molecule has 3 rings (SSSR count). The topological polar surface area (TPSA) is 116 Å². The molecule has 0 fully saturated rings. The zero-order valence-corrected chi connectivity index (χ0v) is 26.4. The average molecular weight is 599 g/mol. The van der Waals surface area contributed by atoms with E-state index in [-0.39, 0.29) is 37.1 Å². The Kier molecular flexibility index (Phi) is 12.4. The lowest BCUT2D eigenvalue weighted by Crippen LogP contribution is -2.56. The summed E-state index contributed by atoms with van der Waals surface area (Å²) in [5.74, 6) is -1.08. The molecule has 8 nitrogen and oxygen atoms in total. The summed E-state index contributed by atoms with van der Waals surface area (Å²) < 4.78 is 0. The second-order valence-electron chi connectivity index (χ2n) is 12.1. The van der Waals surface area contributed by atoms with Gasteiger partial charge in [-0.05, 0) is 55.5 Å². The van der Waals surface area contributed by atoms with Gasteiger partial charge in [-0.15, -0.1) is 0 Å². The first-order valence-corrected chi connectivity index (χ1v) is 15.0. The van der Waals surface area contributed by atoms with Gasteiger partial charge in [0.05, 0.1) is 6.10 Å². The summed E-state index contributed by atoms with van der Waals surface area (Å²) in [5.41, 5.74) is 9.49. The van der Waals surface area contributed by atoms with E-state index in [4.69, 9.17) is 5.73 Å². The van der Waals surface area contributed by atoms with Gasteiger partial charge in [0.25, 0.3) is 0 Å². The molecule has 0 aliphatic heterocycles. The predicted octanol–water partition coefficient (Wildman–Crippen LogP) is 3.97. The largest absolute Gasteiger partial charge is 0.392 e. The number of carbonyl (C=O) groups is 3. The Bertz CT molecular complexity index is 1380. The second kappa shape index (κ2) is 16.0. The Balaban J connectivity index is 1.92. The normalized spacial score (nSPS) is 13.6. The number of likely N-dealkylation sites (N-methyl/N-ethyl adjacent to an activating group) is 2. The highest BCUT2D eigenvalue weighted by Gasteiger charge is 2.35. The van der Waals surface area contributed by atoms with Gasteiger partial charge in [-0.3, -0.25) is 14.4 Å². The van der Waals surface area contributed by atoms with Crippen molar-refractivity contribution in [2.45, 2.75) is 63.8 Å². The molecule has 0 aromatic heterocycles. The highest BCUT2D eigenvalue weighted by atomic mass is 16.3. The van der Waals surface area contributed by atoms with E-state index in [0.29, 0.717) is 6.42 Å². The van der Waals surface area contributed by atoms with Crippen LogP contribution in [0.25, 0.3) is 11.1 Å². The number of amides is 3. The number of aliphatic hydroxyl groups is 1. The van der Waals surface area contributed by atoms with Crippen LogP contribution < -0.4 is 11.1 Å². The van der Waals surface area contributed by atoms with Gasteiger partial charge in [-0.25, -0.2) is 0 Å². The van der Waals surface area contributed by atoms with E-state index in [1.165, 1.54) is 15.9 Å². The highest BCUT2D eigenvalue weighted by Crippen LogP contribution is 2.21. The maximum atomic E-state index is 14.2. The van der Waals surface area contributed by atoms with Crippen molar-refractivity contribution in [3.05, 3.63) is 108 Å². The Hall–Kier alpha value is -4.27. The standard InChI is InChI=1S/C36H46N4O4/c1-26(41)25-38-34(43)31(23-27-13-8-6-9-14-27)40(5)35(44)32(39(4)33(42)17-12-22-36(2,3)37)24-28-18-20-30(21-19-28)29-15-10-7-11-16-29/h6-21,26,31-32,41H,22-25,37H2,1-5H3,(H,38,43)/t26-,31-,32-/m1/s1. The molecule has 0 radical (unpaired) electrons. The van der Waals surface area contributed by atoms with Crippen molar-refractivity contribution < 1.29 is 19.5 Å². The SMILES string of the molecule is C[C@@H](O)CNC(=O)[C@@H](Cc1ccccc1)N(C)C(=O)[C@@H](Cc1ccc(-c2ccccc2)cc1)N(C)C(=O)C=CCC(C)(C)N. The molecule has 0 saturated heterocycles. The van der Waals surface area contributed by atoms with E-state index < -0.39 is 23.7 Å². The third kappa shape index (κ3) is 10.5. The number of aliphatic hydroxyl groups excluding tert-OH is 1. The Morgan fingerprint density at radius 2 is 1.34 bits per heavy atom. The summed E-state index contributed by atoms with van der Waals surface area (Å²) in [6, 6.07) is 25.6. The molecule has 4 N–H and O–H groups in total. The highest BCUT2D eigenvalue weighted by molar-refractivity contribution is 5.95. The van der Waals surface area contributed by atoms with Crippen molar-refractivity contribution >= 4 is 17.7 Å². The molecule has 0 aliphatic rings. The number of nitrogens with zero attached hydrogens (tertiary/aromatic N) is 2. The van der Waals surface area contributed by atoms with E-state index in [1.807, 2.05) is 98.8 Å². The van der Waals surface area contributed by atoms with E-state index in [9.17, 15) is 19.5 Å². The minimum atomic E-state index is -0.881. The van der Waals surface area contributed by atoms with Crippen molar-refractivity contribution in [2.24, 2.45) is 5.73 Å². The quantitative estimate of drug-likeness (QED) is 0.243. The molecular formula is C36H46N4O4. The maximum Gasteiger partial charge on any atom is 0.246 e. The first-order valence-electron chi connectivity index (χ1n) is 15.0. The van der Waals surface area contributed by atoms with Crippen molar-refractivity contribution in [1.82, 2.24) is 15.1 Å². The van der Waals surface area contributed by atoms with E-state index in [0.717, 1.165) is 22.3 Å². The molecule has 44 heavy (non-hydrogen) atoms. The first-order chi connectivity index (χ1) is 20.9. The molecule has 0 heterocycles. The van der Waals surface area contributed by atoms with Gasteiger partial charge >= 0.3 is 0 Å². The van der Waals surface area contributed by atoms with Gasteiger partial charge in [-0.2, -0.15) is 0 Å². The predicted molar refractivity (Wildman–Crippen MR) is 176 cm³/mol. The number of carbonyl (C=O) groups excluding carboxylic acids is 3. The molecule has 3 amide bonds. The molecule has 234 valence electrons. The molecule has 0 unspecified atom stereocenters. The van der Waals surface area contributed by atoms with Crippen LogP contribution in [0.15, 0.2) is 97.1 Å². The van der Waals surface area contributed by atoms with Crippen LogP contribution in [0.2, 0.25) is 0 Å². The fourth-order valence-electron chi connectivity index (χ4n) is 4.81. The van der Waals surface area contributed by atoms with Crippen LogP contribution in [-0.4, -0.2) is 77.0 Å². The molecular weight excluding hydrogens is 552 g/mol. The number of hydrogen-bond acceptors (Lipinski definition) is 5. The second-order valence-corrected chi connectivity index (χ2v) is 12.1. The van der Waals surface area contributed by atoms with Crippen molar-refractivity contribution in [2.75, 3.05) is 20.6 Å². The Labute approximate surface area is 261 Å². The zero-order chi connectivity index (χ0) is 32.3. The molecule has 0 spiro atoms. The lowest BCUT2D eigenvalue weighted by molar-refractivity contribution is -0.146. The summed E-state index contributed by atoms with van der Waals surface area (Å²) in [5, 5.41) is 12.5. The van der Waals surface area contributed by atoms with Crippen LogP contribution in [0.1, 0.15) is 38.3 Å². The van der Waals surface area contributed by atoms with Crippen LogP contribution in [0.4, 0.5) is 0 Å². The molecule has 3 aromatic carbocycles. The number of rotatable bonds is 14. The number of benzene rings is 3. The Morgan fingerprint density at radius 1 is 0.818 bits per heavy atom. The van der Waals surface area contributed by atoms with Crippen LogP contribution in [0, 0.1) is 0 Å². The van der Waals surface area contributed by atoms with Crippen molar-refractivity contribution in [1.29, 1.82) is 0 Å². The van der Waals surface area contributed by atoms with Gasteiger partial charge in [0.15, 0.2) is 0 Å². The zero-order valence-electron chi connectivity index (χ0n) is 26.4. The molecule has 0 saturated carbocycles. The molecule has 3 aromatic rings. The van der Waals surface area contributed by atoms with E-state index >= 15 is 0 Å². The summed E-state index contributed by atoms with van der Waals surface area (Å²) >= 11 is 0. The van der Waals surface area contributed by atoms with Crippen LogP contribution in [-0.2, 0) is 27.2 Å². The van der Waals surface area contributed by atoms with Gasteiger partial charge in [0.1, 0.15) is 12.1 Å². The van der Waals surface area contributed by atoms with Gasteiger partial charge in [0, 0.05) is 39.0 Å². The van der Waals surface area contributed by atoms with E-state index in [1.54, 1.807) is 27.1 Å². The summed E-state index contributed by atoms with van der Waals surface area (Å²) in [4.78, 5) is 43.8. The fraction of sp³-hybridized carbons (Fsp3) is 0.361. The molecule has 8 heteroatoms. The van der Waals surface area contributed by atoms with Crippen molar-refractivity contribution in [3.8, 4) is 11.1 Å². The average Bonchev–Trinajstić information content (AvgIpc) is 3.01. The lowest BCUT2D eigenvalue weighted by Gasteiger charge is -2.34. The monoisotopic (exact) mass is 598 g/mol. The van der Waals surface area contributed by atoms with Crippen molar-refractivity contribution in [3.63, 3.8) is 0 Å². The van der Waals surface area contributed by atoms with Gasteiger partial charge in [-0.1, -0.05) is 91.0 Å². The van der Waals surface area contributed by atoms with Crippen LogP contribution in [0.5, 0.6) is 0 Å². The van der Waals surface area contributed by atoms with Crippen LogP contribution in [0.3, 0.4) is 0 Å². The van der Waals surface area contributed by atoms with E-state index in [2.05, 4.69) is 5.32 Å². The summed E-state index contributed by atoms with van der Waals surface area (Å²) in [6.07, 6.45) is 3.46. The van der Waals surface area contributed by atoms with Crippen LogP contribution >= 0.6 is 0 Å². The summed E-state index contributed by atoms with van der Waals surface area (Å²) in [6.45, 7) is 5.40. The maximum absolute atomic E-state index is 14.2. The lowest BCUT2D eigenvalue weighted by atomic mass is 9.98. The molecule has 3 atom stereocenters. The number of nitrogens with two attached hydrogens (primary N) is 1. The fourth-order valence-corrected chi connectivity index (χ4v) is 4.81. The van der Waals surface area contributed by atoms with Gasteiger partial charge in [0.2, 0.25) is 17.7 Å². The number of nitrogens with one attached hydrogen (secondary N) is 1. The Morgan fingerprint density at radius 3 is 1.91 bits per heavy atom. The summed E-state index contributed by atoms with van der Waals surface area (Å²) in [7, 11) is 3.20. The van der Waals surface area contributed by atoms with Gasteiger partial charge < -0.3 is 26.0 Å². The molecule has 0 aliphatic carbocycles. The third-order valence-electron chi connectivity index (χ3n) is 7.46. The minimum Gasteiger partial charge on any atom is -0.392 e. The smallest absolute Gasteiger partial charge is 0.246 e. The molecule has 0 bridgehead atoms. The minimum absolute atomic E-state index is 0.0595. The third-order valence-corrected chi connectivity index (χ3v) is 7.46.